The molecule has 3 aromatic carbocycles. The molecule has 0 saturated carbocycles. The predicted molar refractivity (Wildman–Crippen MR) is 163 cm³/mol. The van der Waals surface area contributed by atoms with Crippen molar-refractivity contribution in [3.63, 3.8) is 0 Å². The molecule has 0 bridgehead atoms. The number of ether oxygens (including phenoxy) is 1. The summed E-state index contributed by atoms with van der Waals surface area (Å²) in [6.45, 7) is 8.63. The van der Waals surface area contributed by atoms with Crippen LogP contribution >= 0.6 is 11.8 Å². The maximum atomic E-state index is 11.8. The Labute approximate surface area is 237 Å². The highest BCUT2D eigenvalue weighted by atomic mass is 32.2. The van der Waals surface area contributed by atoms with Crippen molar-refractivity contribution in [2.24, 2.45) is 0 Å². The Kier molecular flexibility index (Phi) is 10.6. The summed E-state index contributed by atoms with van der Waals surface area (Å²) in [6.07, 6.45) is 2.15. The van der Waals surface area contributed by atoms with Gasteiger partial charge in [-0.1, -0.05) is 99.1 Å². The molecule has 7 heteroatoms. The van der Waals surface area contributed by atoms with Gasteiger partial charge in [0.1, 0.15) is 5.75 Å². The van der Waals surface area contributed by atoms with Crippen molar-refractivity contribution in [1.82, 2.24) is 0 Å². The third kappa shape index (κ3) is 7.86. The highest BCUT2D eigenvalue weighted by molar-refractivity contribution is 7.99. The van der Waals surface area contributed by atoms with Gasteiger partial charge in [0.25, 0.3) is 0 Å². The molecule has 1 atom stereocenters. The second-order valence-corrected chi connectivity index (χ2v) is 16.1. The largest absolute Gasteiger partial charge is 0.534 e. The Morgan fingerprint density at radius 3 is 2.05 bits per heavy atom. The molecule has 0 saturated heterocycles. The lowest BCUT2D eigenvalue weighted by atomic mass is 10.0. The molecule has 0 spiro atoms. The molecule has 0 aliphatic heterocycles. The highest BCUT2D eigenvalue weighted by Gasteiger charge is 2.52. The zero-order valence-electron chi connectivity index (χ0n) is 23.3. The number of carboxylic acids is 1. The fourth-order valence-electron chi connectivity index (χ4n) is 4.78. The molecule has 3 aromatic rings. The zero-order chi connectivity index (χ0) is 28.5. The minimum atomic E-state index is -2.80. The Balaban J connectivity index is 2.06. The van der Waals surface area contributed by atoms with Crippen LogP contribution in [0.4, 0.5) is 0 Å². The fourth-order valence-corrected chi connectivity index (χ4v) is 10.5. The Bertz CT molecular complexity index is 1230. The first-order valence-corrected chi connectivity index (χ1v) is 16.0. The minimum Gasteiger partial charge on any atom is -0.534 e. The van der Waals surface area contributed by atoms with Gasteiger partial charge in [-0.2, -0.15) is 11.8 Å². The van der Waals surface area contributed by atoms with Gasteiger partial charge < -0.3 is 14.3 Å². The second kappa shape index (κ2) is 13.7. The molecule has 0 aromatic heterocycles. The summed E-state index contributed by atoms with van der Waals surface area (Å²) >= 11 is 1.57. The SMILES string of the molecule is COC(=O)C=C(C)CC(SCCC(=O)O)c1cccc(O[Si](c2ccccc2)(c2ccccc2)C(C)(C)C)c1. The van der Waals surface area contributed by atoms with E-state index in [-0.39, 0.29) is 16.7 Å². The number of benzene rings is 3. The van der Waals surface area contributed by atoms with Gasteiger partial charge in [0, 0.05) is 17.1 Å². The number of rotatable bonds is 12. The van der Waals surface area contributed by atoms with Gasteiger partial charge in [-0.25, -0.2) is 4.79 Å². The lowest BCUT2D eigenvalue weighted by Crippen LogP contribution is -2.68. The number of carbonyl (C=O) groups excluding carboxylic acids is 1. The van der Waals surface area contributed by atoms with E-state index in [1.54, 1.807) is 11.8 Å². The lowest BCUT2D eigenvalue weighted by Gasteiger charge is -2.43. The summed E-state index contributed by atoms with van der Waals surface area (Å²) in [6, 6.07) is 29.1. The lowest BCUT2D eigenvalue weighted by molar-refractivity contribution is -0.136. The molecular weight excluding hydrogens is 525 g/mol. The topological polar surface area (TPSA) is 72.8 Å². The normalized spacial score (nSPS) is 13.0. The van der Waals surface area contributed by atoms with Gasteiger partial charge in [-0.15, -0.1) is 0 Å². The van der Waals surface area contributed by atoms with E-state index in [1.165, 1.54) is 23.6 Å². The molecule has 0 aliphatic carbocycles. The van der Waals surface area contributed by atoms with Crippen LogP contribution in [0.15, 0.2) is 96.6 Å². The van der Waals surface area contributed by atoms with E-state index in [4.69, 9.17) is 9.16 Å². The number of hydrogen-bond acceptors (Lipinski definition) is 5. The van der Waals surface area contributed by atoms with E-state index in [2.05, 4.69) is 75.4 Å². The van der Waals surface area contributed by atoms with Gasteiger partial charge >= 0.3 is 20.3 Å². The van der Waals surface area contributed by atoms with Crippen LogP contribution in [0, 0.1) is 0 Å². The van der Waals surface area contributed by atoms with Crippen LogP contribution in [0.2, 0.25) is 5.04 Å². The van der Waals surface area contributed by atoms with Crippen LogP contribution in [-0.4, -0.2) is 38.2 Å². The van der Waals surface area contributed by atoms with Gasteiger partial charge in [0.15, 0.2) is 0 Å². The first-order chi connectivity index (χ1) is 18.6. The van der Waals surface area contributed by atoms with Crippen LogP contribution in [-0.2, 0) is 14.3 Å². The molecular formula is C32H38O5SSi. The Morgan fingerprint density at radius 1 is 0.949 bits per heavy atom. The van der Waals surface area contributed by atoms with E-state index in [1.807, 2.05) is 37.3 Å². The third-order valence-electron chi connectivity index (χ3n) is 6.63. The van der Waals surface area contributed by atoms with Crippen molar-refractivity contribution in [2.45, 2.75) is 50.8 Å². The molecule has 206 valence electrons. The average Bonchev–Trinajstić information content (AvgIpc) is 2.91. The Morgan fingerprint density at radius 2 is 1.54 bits per heavy atom. The molecule has 0 heterocycles. The average molecular weight is 563 g/mol. The van der Waals surface area contributed by atoms with Gasteiger partial charge in [0.2, 0.25) is 0 Å². The van der Waals surface area contributed by atoms with Gasteiger partial charge in [0.05, 0.1) is 13.5 Å². The van der Waals surface area contributed by atoms with Crippen molar-refractivity contribution in [3.05, 3.63) is 102 Å². The van der Waals surface area contributed by atoms with E-state index in [0.717, 1.165) is 16.9 Å². The monoisotopic (exact) mass is 562 g/mol. The maximum Gasteiger partial charge on any atom is 0.330 e. The van der Waals surface area contributed by atoms with Crippen LogP contribution in [0.25, 0.3) is 0 Å². The third-order valence-corrected chi connectivity index (χ3v) is 12.9. The first-order valence-electron chi connectivity index (χ1n) is 13.1. The van der Waals surface area contributed by atoms with Crippen LogP contribution in [0.5, 0.6) is 5.75 Å². The number of methoxy groups -OCH3 is 1. The summed E-state index contributed by atoms with van der Waals surface area (Å²) in [5.41, 5.74) is 1.89. The van der Waals surface area contributed by atoms with Crippen LogP contribution in [0.1, 0.15) is 51.3 Å². The quantitative estimate of drug-likeness (QED) is 0.157. The second-order valence-electron chi connectivity index (χ2n) is 10.6. The van der Waals surface area contributed by atoms with Crippen molar-refractivity contribution in [1.29, 1.82) is 0 Å². The standard InChI is InChI=1S/C32H38O5SSi/c1-24(22-31(35)36-5)21-29(38-20-19-30(33)34)25-13-12-14-26(23-25)37-39(32(2,3)4,27-15-8-6-9-16-27)28-17-10-7-11-18-28/h6-18,22-23,29H,19-21H2,1-5H3,(H,33,34). The van der Waals surface area contributed by atoms with E-state index < -0.39 is 20.3 Å². The number of aliphatic carboxylic acids is 1. The highest BCUT2D eigenvalue weighted by Crippen LogP contribution is 2.40. The number of thioether (sulfide) groups is 1. The zero-order valence-corrected chi connectivity index (χ0v) is 25.2. The summed E-state index contributed by atoms with van der Waals surface area (Å²) < 4.78 is 12.0. The molecule has 1 unspecified atom stereocenters. The number of carbonyl (C=O) groups is 2. The summed E-state index contributed by atoms with van der Waals surface area (Å²) in [7, 11) is -1.45. The molecule has 0 amide bonds. The van der Waals surface area contributed by atoms with Gasteiger partial charge in [-0.3, -0.25) is 4.79 Å². The molecule has 5 nitrogen and oxygen atoms in total. The maximum absolute atomic E-state index is 11.8. The Hall–Kier alpha value is -3.29. The van der Waals surface area contributed by atoms with E-state index >= 15 is 0 Å². The number of esters is 1. The van der Waals surface area contributed by atoms with Gasteiger partial charge in [-0.05, 0) is 46.5 Å². The van der Waals surface area contributed by atoms with Crippen molar-refractivity contribution in [2.75, 3.05) is 12.9 Å². The van der Waals surface area contributed by atoms with E-state index in [0.29, 0.717) is 12.2 Å². The number of hydrogen-bond donors (Lipinski definition) is 1. The molecule has 0 radical (unpaired) electrons. The minimum absolute atomic E-state index is 0.0482. The first kappa shape index (κ1) is 30.3. The molecule has 3 rings (SSSR count). The van der Waals surface area contributed by atoms with Crippen molar-refractivity contribution in [3.8, 4) is 5.75 Å². The number of carboxylic acid groups (broad SMARTS) is 1. The summed E-state index contributed by atoms with van der Waals surface area (Å²) in [5.74, 6) is 0.0169. The van der Waals surface area contributed by atoms with E-state index in [9.17, 15) is 14.7 Å². The smallest absolute Gasteiger partial charge is 0.330 e. The number of allylic oxidation sites excluding steroid dienone is 1. The van der Waals surface area contributed by atoms with Crippen LogP contribution < -0.4 is 14.8 Å². The molecule has 39 heavy (non-hydrogen) atoms. The predicted octanol–water partition coefficient (Wildman–Crippen LogP) is 6.38. The fraction of sp³-hybridized carbons (Fsp3) is 0.312. The molecule has 0 aliphatic rings. The molecule has 1 N–H and O–H groups in total. The molecule has 0 fully saturated rings. The van der Waals surface area contributed by atoms with Crippen molar-refractivity contribution >= 4 is 42.4 Å². The van der Waals surface area contributed by atoms with Crippen LogP contribution in [0.3, 0.4) is 0 Å². The summed E-state index contributed by atoms with van der Waals surface area (Å²) in [4.78, 5) is 23.0. The van der Waals surface area contributed by atoms with Crippen molar-refractivity contribution < 1.29 is 23.9 Å². The summed E-state index contributed by atoms with van der Waals surface area (Å²) in [5, 5.41) is 11.4.